The van der Waals surface area contributed by atoms with Gasteiger partial charge in [0.1, 0.15) is 11.4 Å². The number of rotatable bonds is 6. The Bertz CT molecular complexity index is 1110. The SMILES string of the molecule is C=C/C=C(\C=C)C(=O)N1CCN(C(=O)C(=O)c2c[nH]c3nccc(OC)c23)[C@H](C)C1.CC(C)C.CCC. The Hall–Kier alpha value is -3.68. The average molecular weight is 511 g/mol. The third-order valence-corrected chi connectivity index (χ3v) is 5.13. The van der Waals surface area contributed by atoms with Crippen LogP contribution in [0.25, 0.3) is 11.0 Å². The van der Waals surface area contributed by atoms with Crippen molar-refractivity contribution in [1.29, 1.82) is 0 Å². The summed E-state index contributed by atoms with van der Waals surface area (Å²) in [7, 11) is 1.49. The molecule has 1 saturated heterocycles. The van der Waals surface area contributed by atoms with E-state index in [1.54, 1.807) is 23.2 Å². The van der Waals surface area contributed by atoms with Crippen molar-refractivity contribution in [2.45, 2.75) is 54.0 Å². The molecule has 2 amide bonds. The van der Waals surface area contributed by atoms with E-state index in [1.807, 2.05) is 6.92 Å². The molecule has 0 unspecified atom stereocenters. The van der Waals surface area contributed by atoms with Gasteiger partial charge in [-0.2, -0.15) is 0 Å². The van der Waals surface area contributed by atoms with Crippen molar-refractivity contribution >= 4 is 28.6 Å². The molecule has 0 saturated carbocycles. The van der Waals surface area contributed by atoms with E-state index >= 15 is 0 Å². The summed E-state index contributed by atoms with van der Waals surface area (Å²) >= 11 is 0. The highest BCUT2D eigenvalue weighted by Crippen LogP contribution is 2.28. The molecule has 202 valence electrons. The van der Waals surface area contributed by atoms with Gasteiger partial charge in [-0.25, -0.2) is 4.98 Å². The number of aromatic nitrogens is 2. The summed E-state index contributed by atoms with van der Waals surface area (Å²) in [5.41, 5.74) is 1.12. The Morgan fingerprint density at radius 2 is 1.81 bits per heavy atom. The van der Waals surface area contributed by atoms with Crippen LogP contribution in [-0.4, -0.2) is 70.2 Å². The minimum Gasteiger partial charge on any atom is -0.496 e. The van der Waals surface area contributed by atoms with Crippen molar-refractivity contribution in [2.24, 2.45) is 5.92 Å². The summed E-state index contributed by atoms with van der Waals surface area (Å²) in [6, 6.07) is 1.32. The van der Waals surface area contributed by atoms with Crippen LogP contribution in [0.5, 0.6) is 5.75 Å². The monoisotopic (exact) mass is 510 g/mol. The highest BCUT2D eigenvalue weighted by atomic mass is 16.5. The van der Waals surface area contributed by atoms with Gasteiger partial charge in [0.2, 0.25) is 0 Å². The second-order valence-corrected chi connectivity index (χ2v) is 9.37. The topological polar surface area (TPSA) is 95.6 Å². The summed E-state index contributed by atoms with van der Waals surface area (Å²) < 4.78 is 5.31. The summed E-state index contributed by atoms with van der Waals surface area (Å²) in [5, 5.41) is 0.477. The average Bonchev–Trinajstić information content (AvgIpc) is 3.30. The van der Waals surface area contributed by atoms with Crippen molar-refractivity contribution in [3.63, 3.8) is 0 Å². The molecule has 2 aromatic rings. The number of carbonyl (C=O) groups excluding carboxylic acids is 3. The van der Waals surface area contributed by atoms with Crippen molar-refractivity contribution < 1.29 is 19.1 Å². The van der Waals surface area contributed by atoms with Gasteiger partial charge in [-0.1, -0.05) is 72.4 Å². The van der Waals surface area contributed by atoms with Gasteiger partial charge >= 0.3 is 0 Å². The van der Waals surface area contributed by atoms with Crippen LogP contribution < -0.4 is 4.74 Å². The zero-order valence-electron chi connectivity index (χ0n) is 23.3. The van der Waals surface area contributed by atoms with Gasteiger partial charge < -0.3 is 19.5 Å². The van der Waals surface area contributed by atoms with E-state index in [2.05, 4.69) is 57.7 Å². The van der Waals surface area contributed by atoms with Crippen LogP contribution in [0.4, 0.5) is 0 Å². The lowest BCUT2D eigenvalue weighted by Gasteiger charge is -2.39. The highest BCUT2D eigenvalue weighted by molar-refractivity contribution is 6.45. The number of methoxy groups -OCH3 is 1. The maximum absolute atomic E-state index is 13.0. The fourth-order valence-corrected chi connectivity index (χ4v) is 3.60. The molecule has 0 aliphatic carbocycles. The first-order valence-electron chi connectivity index (χ1n) is 12.7. The minimum atomic E-state index is -0.641. The second-order valence-electron chi connectivity index (χ2n) is 9.37. The van der Waals surface area contributed by atoms with E-state index in [0.717, 1.165) is 5.92 Å². The molecule has 1 atom stereocenters. The number of hydrogen-bond acceptors (Lipinski definition) is 5. The lowest BCUT2D eigenvalue weighted by molar-refractivity contribution is -0.137. The van der Waals surface area contributed by atoms with E-state index in [9.17, 15) is 14.4 Å². The molecule has 0 aromatic carbocycles. The molecule has 1 N–H and O–H groups in total. The summed E-state index contributed by atoms with van der Waals surface area (Å²) in [5.74, 6) is -0.140. The third kappa shape index (κ3) is 8.44. The first kappa shape index (κ1) is 31.4. The largest absolute Gasteiger partial charge is 0.496 e. The lowest BCUT2D eigenvalue weighted by Crippen LogP contribution is -2.57. The van der Waals surface area contributed by atoms with Crippen molar-refractivity contribution in [3.05, 3.63) is 61.0 Å². The Morgan fingerprint density at radius 3 is 2.32 bits per heavy atom. The predicted molar refractivity (Wildman–Crippen MR) is 150 cm³/mol. The molecule has 37 heavy (non-hydrogen) atoms. The highest BCUT2D eigenvalue weighted by Gasteiger charge is 2.34. The Labute approximate surface area is 221 Å². The molecule has 0 bridgehead atoms. The van der Waals surface area contributed by atoms with Crippen LogP contribution in [-0.2, 0) is 9.59 Å². The number of pyridine rings is 1. The van der Waals surface area contributed by atoms with Crippen LogP contribution >= 0.6 is 0 Å². The summed E-state index contributed by atoms with van der Waals surface area (Å²) in [4.78, 5) is 48.8. The molecule has 8 nitrogen and oxygen atoms in total. The Morgan fingerprint density at radius 1 is 1.19 bits per heavy atom. The molecule has 1 aliphatic heterocycles. The van der Waals surface area contributed by atoms with E-state index in [4.69, 9.17) is 4.74 Å². The number of aromatic amines is 1. The summed E-state index contributed by atoms with van der Waals surface area (Å²) in [6.07, 6.45) is 8.89. The van der Waals surface area contributed by atoms with Crippen LogP contribution in [0.15, 0.2) is 55.4 Å². The number of allylic oxidation sites excluding steroid dienone is 2. The van der Waals surface area contributed by atoms with E-state index in [-0.39, 0.29) is 24.1 Å². The third-order valence-electron chi connectivity index (χ3n) is 5.13. The van der Waals surface area contributed by atoms with Gasteiger partial charge in [-0.3, -0.25) is 14.4 Å². The predicted octanol–water partition coefficient (Wildman–Crippen LogP) is 5.19. The number of ketones is 1. The lowest BCUT2D eigenvalue weighted by atomic mass is 10.1. The first-order valence-corrected chi connectivity index (χ1v) is 12.7. The zero-order valence-corrected chi connectivity index (χ0v) is 23.3. The quantitative estimate of drug-likeness (QED) is 0.250. The van der Waals surface area contributed by atoms with Gasteiger partial charge in [0.25, 0.3) is 17.6 Å². The number of piperazine rings is 1. The molecule has 1 fully saturated rings. The van der Waals surface area contributed by atoms with Gasteiger partial charge in [-0.15, -0.1) is 0 Å². The number of carbonyl (C=O) groups is 3. The molecular formula is C29H42N4O4. The van der Waals surface area contributed by atoms with Gasteiger partial charge in [0, 0.05) is 43.6 Å². The van der Waals surface area contributed by atoms with Crippen LogP contribution in [0, 0.1) is 5.92 Å². The molecule has 1 aliphatic rings. The number of amides is 2. The van der Waals surface area contributed by atoms with E-state index in [0.29, 0.717) is 35.4 Å². The zero-order chi connectivity index (χ0) is 28.1. The summed E-state index contributed by atoms with van der Waals surface area (Å²) in [6.45, 7) is 20.7. The van der Waals surface area contributed by atoms with Crippen molar-refractivity contribution in [2.75, 3.05) is 26.7 Å². The standard InChI is InChI=1S/C22H24N4O4.C4H10.C3H8/c1-5-7-15(6-2)21(28)25-10-11-26(14(3)13-25)22(29)19(27)16-12-24-20-18(16)17(30-4)8-9-23-20;1-4(2)3;1-3-2/h5-9,12,14H,1-2,10-11,13H2,3-4H3,(H,23,24);4H,1-3H3;3H2,1-2H3/b15-7+;;/t14-;;/m1../s1. The van der Waals surface area contributed by atoms with Gasteiger partial charge in [-0.05, 0) is 18.9 Å². The normalized spacial score (nSPS) is 15.2. The number of ether oxygens (including phenoxy) is 1. The first-order chi connectivity index (χ1) is 17.6. The van der Waals surface area contributed by atoms with E-state index in [1.165, 1.54) is 36.8 Å². The number of nitrogens with zero attached hydrogens (tertiary/aromatic N) is 3. The van der Waals surface area contributed by atoms with Gasteiger partial charge in [0.05, 0.1) is 18.1 Å². The molecule has 0 spiro atoms. The van der Waals surface area contributed by atoms with Crippen LogP contribution in [0.3, 0.4) is 0 Å². The van der Waals surface area contributed by atoms with E-state index < -0.39 is 11.7 Å². The molecule has 2 aromatic heterocycles. The van der Waals surface area contributed by atoms with Crippen LogP contribution in [0.1, 0.15) is 58.3 Å². The van der Waals surface area contributed by atoms with Crippen molar-refractivity contribution in [3.8, 4) is 5.75 Å². The smallest absolute Gasteiger partial charge is 0.295 e. The molecule has 8 heteroatoms. The maximum atomic E-state index is 13.0. The fraction of sp³-hybridized carbons (Fsp3) is 0.448. The van der Waals surface area contributed by atoms with Crippen LogP contribution in [0.2, 0.25) is 0 Å². The number of nitrogens with one attached hydrogen (secondary N) is 1. The number of fused-ring (bicyclic) bond motifs is 1. The maximum Gasteiger partial charge on any atom is 0.295 e. The minimum absolute atomic E-state index is 0.178. The second kappa shape index (κ2) is 15.4. The fourth-order valence-electron chi connectivity index (χ4n) is 3.60. The Kier molecular flexibility index (Phi) is 13.1. The molecule has 3 heterocycles. The molecular weight excluding hydrogens is 468 g/mol. The molecule has 0 radical (unpaired) electrons. The number of hydrogen-bond donors (Lipinski definition) is 1. The number of Topliss-reactive ketones (excluding diaryl/α,β-unsaturated/α-hetero) is 1. The van der Waals surface area contributed by atoms with Crippen molar-refractivity contribution in [1.82, 2.24) is 19.8 Å². The Balaban J connectivity index is 0.000000873. The number of H-pyrrole nitrogens is 1. The van der Waals surface area contributed by atoms with Gasteiger partial charge in [0.15, 0.2) is 0 Å². The molecule has 3 rings (SSSR count).